The van der Waals surface area contributed by atoms with Crippen LogP contribution in [0.15, 0.2) is 12.4 Å². The van der Waals surface area contributed by atoms with E-state index in [-0.39, 0.29) is 5.91 Å². The molecular weight excluding hydrogens is 216 g/mol. The Balaban J connectivity index is 1.92. The maximum absolute atomic E-state index is 11.7. The molecule has 1 aromatic rings. The maximum Gasteiger partial charge on any atom is 0.270 e. The van der Waals surface area contributed by atoms with Crippen molar-refractivity contribution in [1.82, 2.24) is 15.3 Å². The van der Waals surface area contributed by atoms with Gasteiger partial charge in [0.1, 0.15) is 17.8 Å². The van der Waals surface area contributed by atoms with Gasteiger partial charge in [0.05, 0.1) is 0 Å². The molecule has 1 aliphatic rings. The fraction of sp³-hybridized carbons (Fsp3) is 0.583. The van der Waals surface area contributed by atoms with Crippen LogP contribution in [0.25, 0.3) is 0 Å². The van der Waals surface area contributed by atoms with Crippen LogP contribution in [0.1, 0.15) is 43.1 Å². The van der Waals surface area contributed by atoms with Crippen molar-refractivity contribution in [2.24, 2.45) is 0 Å². The van der Waals surface area contributed by atoms with Gasteiger partial charge in [0.15, 0.2) is 0 Å². The van der Waals surface area contributed by atoms with Crippen LogP contribution in [0.2, 0.25) is 0 Å². The van der Waals surface area contributed by atoms with Gasteiger partial charge in [-0.2, -0.15) is 0 Å². The lowest BCUT2D eigenvalue weighted by Crippen LogP contribution is -2.26. The summed E-state index contributed by atoms with van der Waals surface area (Å²) in [6.07, 6.45) is 5.81. The molecule has 2 N–H and O–H groups in total. The highest BCUT2D eigenvalue weighted by molar-refractivity contribution is 5.93. The van der Waals surface area contributed by atoms with Gasteiger partial charge in [0.25, 0.3) is 5.91 Å². The van der Waals surface area contributed by atoms with Crippen molar-refractivity contribution < 1.29 is 4.79 Å². The molecule has 92 valence electrons. The van der Waals surface area contributed by atoms with Gasteiger partial charge < -0.3 is 10.6 Å². The van der Waals surface area contributed by atoms with Crippen LogP contribution in [0.3, 0.4) is 0 Å². The van der Waals surface area contributed by atoms with Crippen molar-refractivity contribution in [3.63, 3.8) is 0 Å². The number of nitrogens with one attached hydrogen (secondary N) is 2. The van der Waals surface area contributed by atoms with E-state index >= 15 is 0 Å². The van der Waals surface area contributed by atoms with Crippen LogP contribution in [0.4, 0.5) is 5.82 Å². The van der Waals surface area contributed by atoms with E-state index in [1.54, 1.807) is 6.07 Å². The lowest BCUT2D eigenvalue weighted by molar-refractivity contribution is 0.0946. The summed E-state index contributed by atoms with van der Waals surface area (Å²) in [5.41, 5.74) is 0.436. The molecule has 0 spiro atoms. The Morgan fingerprint density at radius 3 is 3.00 bits per heavy atom. The van der Waals surface area contributed by atoms with Crippen molar-refractivity contribution in [1.29, 1.82) is 0 Å². The number of carbonyl (C=O) groups excluding carboxylic acids is 1. The molecule has 5 heteroatoms. The van der Waals surface area contributed by atoms with Gasteiger partial charge >= 0.3 is 0 Å². The van der Waals surface area contributed by atoms with E-state index in [1.807, 2.05) is 0 Å². The van der Waals surface area contributed by atoms with Gasteiger partial charge in [-0.25, -0.2) is 9.97 Å². The lowest BCUT2D eigenvalue weighted by Gasteiger charge is -2.06. The Labute approximate surface area is 101 Å². The van der Waals surface area contributed by atoms with Crippen LogP contribution in [-0.4, -0.2) is 28.5 Å². The molecule has 1 fully saturated rings. The second-order valence-electron chi connectivity index (χ2n) is 4.32. The predicted octanol–water partition coefficient (Wildman–Crippen LogP) is 1.58. The zero-order chi connectivity index (χ0) is 12.1. The number of unbranched alkanes of at least 4 members (excludes halogenated alkanes) is 1. The topological polar surface area (TPSA) is 66.9 Å². The zero-order valence-corrected chi connectivity index (χ0v) is 10.1. The van der Waals surface area contributed by atoms with E-state index in [9.17, 15) is 4.79 Å². The van der Waals surface area contributed by atoms with E-state index in [1.165, 1.54) is 6.33 Å². The van der Waals surface area contributed by atoms with Gasteiger partial charge in [-0.3, -0.25) is 4.79 Å². The minimum absolute atomic E-state index is 0.103. The van der Waals surface area contributed by atoms with Crippen molar-refractivity contribution in [2.75, 3.05) is 11.9 Å². The van der Waals surface area contributed by atoms with Crippen LogP contribution >= 0.6 is 0 Å². The Morgan fingerprint density at radius 2 is 2.29 bits per heavy atom. The molecule has 1 heterocycles. The monoisotopic (exact) mass is 234 g/mol. The molecule has 0 radical (unpaired) electrons. The molecule has 1 aliphatic carbocycles. The number of anilines is 1. The molecule has 17 heavy (non-hydrogen) atoms. The Hall–Kier alpha value is -1.65. The molecule has 0 atom stereocenters. The van der Waals surface area contributed by atoms with Crippen LogP contribution in [0, 0.1) is 0 Å². The summed E-state index contributed by atoms with van der Waals surface area (Å²) in [6.45, 7) is 3.01. The van der Waals surface area contributed by atoms with Crippen LogP contribution in [-0.2, 0) is 0 Å². The number of hydrogen-bond donors (Lipinski definition) is 2. The first-order valence-corrected chi connectivity index (χ1v) is 6.16. The highest BCUT2D eigenvalue weighted by Crippen LogP contribution is 2.19. The standard InChI is InChI=1S/C12H18N4O/c1-2-3-6-13-11-7-10(14-8-15-11)12(17)16-9-4-5-9/h7-9H,2-6H2,1H3,(H,16,17)(H,13,14,15). The van der Waals surface area contributed by atoms with E-state index in [0.29, 0.717) is 11.7 Å². The third-order valence-electron chi connectivity index (χ3n) is 2.65. The summed E-state index contributed by atoms with van der Waals surface area (Å²) in [4.78, 5) is 19.8. The first kappa shape index (κ1) is 11.8. The Morgan fingerprint density at radius 1 is 1.47 bits per heavy atom. The lowest BCUT2D eigenvalue weighted by atomic mass is 10.3. The third-order valence-corrected chi connectivity index (χ3v) is 2.65. The summed E-state index contributed by atoms with van der Waals surface area (Å²) >= 11 is 0. The summed E-state index contributed by atoms with van der Waals surface area (Å²) in [7, 11) is 0. The van der Waals surface area contributed by atoms with E-state index in [2.05, 4.69) is 27.5 Å². The highest BCUT2D eigenvalue weighted by atomic mass is 16.2. The Bertz CT molecular complexity index is 390. The largest absolute Gasteiger partial charge is 0.370 e. The number of aromatic nitrogens is 2. The van der Waals surface area contributed by atoms with Gasteiger partial charge in [-0.1, -0.05) is 13.3 Å². The Kier molecular flexibility index (Phi) is 3.90. The minimum Gasteiger partial charge on any atom is -0.370 e. The molecule has 2 rings (SSSR count). The highest BCUT2D eigenvalue weighted by Gasteiger charge is 2.24. The third kappa shape index (κ3) is 3.69. The van der Waals surface area contributed by atoms with Gasteiger partial charge in [-0.05, 0) is 19.3 Å². The summed E-state index contributed by atoms with van der Waals surface area (Å²) in [5, 5.41) is 6.09. The second kappa shape index (κ2) is 5.61. The van der Waals surface area contributed by atoms with Gasteiger partial charge in [-0.15, -0.1) is 0 Å². The first-order valence-electron chi connectivity index (χ1n) is 6.16. The average Bonchev–Trinajstić information content (AvgIpc) is 3.14. The smallest absolute Gasteiger partial charge is 0.270 e. The fourth-order valence-electron chi connectivity index (χ4n) is 1.46. The van der Waals surface area contributed by atoms with E-state index in [4.69, 9.17) is 0 Å². The normalized spacial score (nSPS) is 14.4. The number of hydrogen-bond acceptors (Lipinski definition) is 4. The van der Waals surface area contributed by atoms with Gasteiger partial charge in [0.2, 0.25) is 0 Å². The van der Waals surface area contributed by atoms with Crippen molar-refractivity contribution >= 4 is 11.7 Å². The summed E-state index contributed by atoms with van der Waals surface area (Å²) < 4.78 is 0. The van der Waals surface area contributed by atoms with Gasteiger partial charge in [0, 0.05) is 18.7 Å². The molecule has 0 aromatic carbocycles. The molecule has 5 nitrogen and oxygen atoms in total. The number of rotatable bonds is 6. The molecule has 1 saturated carbocycles. The molecule has 0 unspecified atom stereocenters. The molecule has 1 aromatic heterocycles. The number of nitrogens with zero attached hydrogens (tertiary/aromatic N) is 2. The summed E-state index contributed by atoms with van der Waals surface area (Å²) in [6, 6.07) is 2.06. The predicted molar refractivity (Wildman–Crippen MR) is 65.9 cm³/mol. The minimum atomic E-state index is -0.103. The molecule has 0 bridgehead atoms. The number of carbonyl (C=O) groups is 1. The quantitative estimate of drug-likeness (QED) is 0.733. The average molecular weight is 234 g/mol. The summed E-state index contributed by atoms with van der Waals surface area (Å²) in [5.74, 6) is 0.614. The van der Waals surface area contributed by atoms with Crippen LogP contribution < -0.4 is 10.6 Å². The molecule has 0 saturated heterocycles. The van der Waals surface area contributed by atoms with Crippen LogP contribution in [0.5, 0.6) is 0 Å². The first-order chi connectivity index (χ1) is 8.29. The van der Waals surface area contributed by atoms with E-state index < -0.39 is 0 Å². The van der Waals surface area contributed by atoms with Crippen molar-refractivity contribution in [3.8, 4) is 0 Å². The van der Waals surface area contributed by atoms with Crippen molar-refractivity contribution in [2.45, 2.75) is 38.6 Å². The van der Waals surface area contributed by atoms with Crippen molar-refractivity contribution in [3.05, 3.63) is 18.1 Å². The molecule has 0 aliphatic heterocycles. The van der Waals surface area contributed by atoms with E-state index in [0.717, 1.165) is 38.0 Å². The second-order valence-corrected chi connectivity index (χ2v) is 4.32. The fourth-order valence-corrected chi connectivity index (χ4v) is 1.46. The number of amides is 1. The molecular formula is C12H18N4O. The zero-order valence-electron chi connectivity index (χ0n) is 10.1. The molecule has 1 amide bonds. The SMILES string of the molecule is CCCCNc1cc(C(=O)NC2CC2)ncn1. The maximum atomic E-state index is 11.7.